The van der Waals surface area contributed by atoms with E-state index in [9.17, 15) is 9.18 Å². The normalized spacial score (nSPS) is 16.4. The van der Waals surface area contributed by atoms with E-state index in [2.05, 4.69) is 10.2 Å². The lowest BCUT2D eigenvalue weighted by Gasteiger charge is -2.34. The Morgan fingerprint density at radius 2 is 2.05 bits per heavy atom. The Morgan fingerprint density at radius 3 is 2.68 bits per heavy atom. The number of urea groups is 1. The lowest BCUT2D eigenvalue weighted by molar-refractivity contribution is 0.149. The molecule has 2 rings (SSSR count). The molecule has 5 nitrogen and oxygen atoms in total. The fraction of sp³-hybridized carbons (Fsp3) is 0.462. The molecule has 1 aromatic rings. The van der Waals surface area contributed by atoms with Crippen LogP contribution in [0.25, 0.3) is 0 Å². The minimum Gasteiger partial charge on any atom is -0.329 e. The number of anilines is 1. The first-order valence-corrected chi connectivity index (χ1v) is 6.43. The highest BCUT2D eigenvalue weighted by Crippen LogP contribution is 2.11. The number of hydrogen-bond donors (Lipinski definition) is 2. The predicted molar refractivity (Wildman–Crippen MR) is 72.5 cm³/mol. The molecule has 0 aliphatic carbocycles. The second-order valence-corrected chi connectivity index (χ2v) is 4.56. The van der Waals surface area contributed by atoms with Crippen LogP contribution in [-0.4, -0.2) is 55.1 Å². The molecule has 6 heteroatoms. The van der Waals surface area contributed by atoms with Gasteiger partial charge in [-0.15, -0.1) is 0 Å². The Hall–Kier alpha value is -1.66. The van der Waals surface area contributed by atoms with Crippen LogP contribution < -0.4 is 11.1 Å². The van der Waals surface area contributed by atoms with Gasteiger partial charge in [0, 0.05) is 45.0 Å². The van der Waals surface area contributed by atoms with Crippen LogP contribution in [0.3, 0.4) is 0 Å². The van der Waals surface area contributed by atoms with Gasteiger partial charge in [-0.1, -0.05) is 6.07 Å². The number of nitrogens with zero attached hydrogens (tertiary/aromatic N) is 2. The zero-order valence-electron chi connectivity index (χ0n) is 10.8. The summed E-state index contributed by atoms with van der Waals surface area (Å²) >= 11 is 0. The summed E-state index contributed by atoms with van der Waals surface area (Å²) in [7, 11) is 0. The third kappa shape index (κ3) is 3.90. The van der Waals surface area contributed by atoms with Crippen molar-refractivity contribution in [2.24, 2.45) is 5.73 Å². The summed E-state index contributed by atoms with van der Waals surface area (Å²) in [4.78, 5) is 16.0. The third-order valence-electron chi connectivity index (χ3n) is 3.18. The first-order chi connectivity index (χ1) is 9.19. The van der Waals surface area contributed by atoms with E-state index in [4.69, 9.17) is 5.73 Å². The maximum Gasteiger partial charge on any atom is 0.321 e. The van der Waals surface area contributed by atoms with Crippen LogP contribution in [0.4, 0.5) is 14.9 Å². The molecule has 2 amide bonds. The van der Waals surface area contributed by atoms with Gasteiger partial charge in [-0.05, 0) is 18.2 Å². The lowest BCUT2D eigenvalue weighted by Crippen LogP contribution is -2.50. The summed E-state index contributed by atoms with van der Waals surface area (Å²) in [5.41, 5.74) is 5.98. The van der Waals surface area contributed by atoms with Crippen LogP contribution in [0, 0.1) is 5.82 Å². The van der Waals surface area contributed by atoms with Crippen molar-refractivity contribution >= 4 is 11.7 Å². The summed E-state index contributed by atoms with van der Waals surface area (Å²) in [6, 6.07) is 5.72. The van der Waals surface area contributed by atoms with E-state index in [1.807, 2.05) is 0 Å². The minimum absolute atomic E-state index is 0.182. The van der Waals surface area contributed by atoms with Gasteiger partial charge in [-0.2, -0.15) is 0 Å². The molecule has 0 atom stereocenters. The summed E-state index contributed by atoms with van der Waals surface area (Å²) in [5.74, 6) is -0.356. The molecule has 104 valence electrons. The van der Waals surface area contributed by atoms with Crippen LogP contribution in [0.1, 0.15) is 0 Å². The van der Waals surface area contributed by atoms with Crippen molar-refractivity contribution in [3.63, 3.8) is 0 Å². The van der Waals surface area contributed by atoms with Crippen molar-refractivity contribution in [1.82, 2.24) is 9.80 Å². The molecule has 1 heterocycles. The number of benzene rings is 1. The van der Waals surface area contributed by atoms with E-state index in [-0.39, 0.29) is 11.8 Å². The third-order valence-corrected chi connectivity index (χ3v) is 3.18. The summed E-state index contributed by atoms with van der Waals surface area (Å²) in [5, 5.41) is 2.70. The number of hydrogen-bond acceptors (Lipinski definition) is 3. The van der Waals surface area contributed by atoms with Gasteiger partial charge in [0.2, 0.25) is 0 Å². The van der Waals surface area contributed by atoms with Crippen LogP contribution >= 0.6 is 0 Å². The molecule has 1 aromatic carbocycles. The van der Waals surface area contributed by atoms with Crippen molar-refractivity contribution in [1.29, 1.82) is 0 Å². The minimum atomic E-state index is -0.356. The molecule has 3 N–H and O–H groups in total. The predicted octanol–water partition coefficient (Wildman–Crippen LogP) is 0.934. The van der Waals surface area contributed by atoms with Crippen molar-refractivity contribution < 1.29 is 9.18 Å². The quantitative estimate of drug-likeness (QED) is 0.855. The molecule has 0 saturated carbocycles. The van der Waals surface area contributed by atoms with E-state index in [0.717, 1.165) is 19.6 Å². The zero-order valence-corrected chi connectivity index (χ0v) is 10.8. The van der Waals surface area contributed by atoms with Crippen molar-refractivity contribution in [3.05, 3.63) is 30.1 Å². The highest BCUT2D eigenvalue weighted by Gasteiger charge is 2.20. The van der Waals surface area contributed by atoms with E-state index < -0.39 is 0 Å². The van der Waals surface area contributed by atoms with Gasteiger partial charge >= 0.3 is 6.03 Å². The van der Waals surface area contributed by atoms with Crippen LogP contribution in [-0.2, 0) is 0 Å². The molecule has 1 aliphatic heterocycles. The van der Waals surface area contributed by atoms with Crippen molar-refractivity contribution in [2.75, 3.05) is 44.6 Å². The Balaban J connectivity index is 1.84. The highest BCUT2D eigenvalue weighted by atomic mass is 19.1. The molecule has 0 unspecified atom stereocenters. The zero-order chi connectivity index (χ0) is 13.7. The molecular formula is C13H19FN4O. The van der Waals surface area contributed by atoms with Gasteiger partial charge in [0.05, 0.1) is 0 Å². The number of carbonyl (C=O) groups is 1. The van der Waals surface area contributed by atoms with Crippen LogP contribution in [0.2, 0.25) is 0 Å². The summed E-state index contributed by atoms with van der Waals surface area (Å²) in [6.45, 7) is 4.48. The Kier molecular flexibility index (Phi) is 4.70. The summed E-state index contributed by atoms with van der Waals surface area (Å²) in [6.07, 6.45) is 0. The van der Waals surface area contributed by atoms with E-state index in [1.165, 1.54) is 12.1 Å². The Bertz CT molecular complexity index is 432. The second-order valence-electron chi connectivity index (χ2n) is 4.56. The average Bonchev–Trinajstić information content (AvgIpc) is 2.40. The smallest absolute Gasteiger partial charge is 0.321 e. The second kappa shape index (κ2) is 6.49. The molecule has 0 aromatic heterocycles. The first kappa shape index (κ1) is 13.8. The van der Waals surface area contributed by atoms with E-state index in [1.54, 1.807) is 17.0 Å². The first-order valence-electron chi connectivity index (χ1n) is 6.43. The van der Waals surface area contributed by atoms with Gasteiger partial charge in [-0.3, -0.25) is 4.90 Å². The highest BCUT2D eigenvalue weighted by molar-refractivity contribution is 5.89. The fourth-order valence-corrected chi connectivity index (χ4v) is 2.13. The van der Waals surface area contributed by atoms with Gasteiger partial charge in [0.15, 0.2) is 0 Å². The largest absolute Gasteiger partial charge is 0.329 e. The molecule has 1 saturated heterocycles. The number of nitrogens with one attached hydrogen (secondary N) is 1. The molecule has 1 fully saturated rings. The van der Waals surface area contributed by atoms with Crippen LogP contribution in [0.5, 0.6) is 0 Å². The maximum absolute atomic E-state index is 13.0. The van der Waals surface area contributed by atoms with Crippen molar-refractivity contribution in [3.8, 4) is 0 Å². The lowest BCUT2D eigenvalue weighted by atomic mass is 10.3. The van der Waals surface area contributed by atoms with Gasteiger partial charge in [-0.25, -0.2) is 9.18 Å². The monoisotopic (exact) mass is 266 g/mol. The Labute approximate surface area is 112 Å². The average molecular weight is 266 g/mol. The van der Waals surface area contributed by atoms with Gasteiger partial charge in [0.25, 0.3) is 0 Å². The SMILES string of the molecule is NCCN1CCN(C(=O)Nc2cccc(F)c2)CC1. The number of nitrogens with two attached hydrogens (primary N) is 1. The van der Waals surface area contributed by atoms with Crippen LogP contribution in [0.15, 0.2) is 24.3 Å². The standard InChI is InChI=1S/C13H19FN4O/c14-11-2-1-3-12(10-11)16-13(19)18-8-6-17(5-4-15)7-9-18/h1-3,10H,4-9,15H2,(H,16,19). The van der Waals surface area contributed by atoms with Gasteiger partial charge in [0.1, 0.15) is 5.82 Å². The Morgan fingerprint density at radius 1 is 1.32 bits per heavy atom. The van der Waals surface area contributed by atoms with E-state index >= 15 is 0 Å². The number of amides is 2. The molecular weight excluding hydrogens is 247 g/mol. The molecule has 0 bridgehead atoms. The number of piperazine rings is 1. The molecule has 0 spiro atoms. The number of rotatable bonds is 3. The maximum atomic E-state index is 13.0. The number of carbonyl (C=O) groups excluding carboxylic acids is 1. The summed E-state index contributed by atoms with van der Waals surface area (Å²) < 4.78 is 13.0. The fourth-order valence-electron chi connectivity index (χ4n) is 2.13. The molecule has 0 radical (unpaired) electrons. The molecule has 19 heavy (non-hydrogen) atoms. The van der Waals surface area contributed by atoms with E-state index in [0.29, 0.717) is 25.3 Å². The topological polar surface area (TPSA) is 61.6 Å². The van der Waals surface area contributed by atoms with Crippen molar-refractivity contribution in [2.45, 2.75) is 0 Å². The molecule has 1 aliphatic rings. The van der Waals surface area contributed by atoms with Gasteiger partial charge < -0.3 is 16.0 Å². The number of halogens is 1.